The highest BCUT2D eigenvalue weighted by Gasteiger charge is 2.65. The fourth-order valence-corrected chi connectivity index (χ4v) is 5.02. The van der Waals surface area contributed by atoms with E-state index in [1.807, 2.05) is 27.7 Å². The molecule has 0 unspecified atom stereocenters. The second-order valence-electron chi connectivity index (χ2n) is 11.3. The zero-order chi connectivity index (χ0) is 28.4. The maximum absolute atomic E-state index is 14.8. The highest BCUT2D eigenvalue weighted by Crippen LogP contribution is 2.53. The summed E-state index contributed by atoms with van der Waals surface area (Å²) in [5.41, 5.74) is -3.15. The molecule has 2 aliphatic heterocycles. The molecule has 0 aliphatic carbocycles. The Morgan fingerprint density at radius 3 is 2.13 bits per heavy atom. The first-order valence-corrected chi connectivity index (χ1v) is 12.3. The van der Waals surface area contributed by atoms with Crippen molar-refractivity contribution >= 4 is 24.2 Å². The lowest BCUT2D eigenvalue weighted by atomic mass is 9.76. The van der Waals surface area contributed by atoms with Crippen LogP contribution < -0.4 is 10.8 Å². The Morgan fingerprint density at radius 1 is 0.974 bits per heavy atom. The highest BCUT2D eigenvalue weighted by molar-refractivity contribution is 6.62. The van der Waals surface area contributed by atoms with Gasteiger partial charge in [0.1, 0.15) is 17.7 Å². The third kappa shape index (κ3) is 4.73. The number of benzene rings is 2. The van der Waals surface area contributed by atoms with Crippen LogP contribution in [-0.4, -0.2) is 42.1 Å². The van der Waals surface area contributed by atoms with Crippen LogP contribution in [-0.2, 0) is 18.8 Å². The number of hydrogen-bond acceptors (Lipinski definition) is 4. The summed E-state index contributed by atoms with van der Waals surface area (Å²) in [5.74, 6) is -4.21. The summed E-state index contributed by atoms with van der Waals surface area (Å²) >= 11 is 0. The van der Waals surface area contributed by atoms with Crippen molar-refractivity contribution in [2.45, 2.75) is 83.5 Å². The van der Waals surface area contributed by atoms with Crippen LogP contribution in [0.15, 0.2) is 36.4 Å². The van der Waals surface area contributed by atoms with Gasteiger partial charge in [0, 0.05) is 23.0 Å². The summed E-state index contributed by atoms with van der Waals surface area (Å²) in [5, 5.41) is 2.57. The van der Waals surface area contributed by atoms with Crippen molar-refractivity contribution in [2.75, 3.05) is 5.32 Å². The molecule has 206 valence electrons. The van der Waals surface area contributed by atoms with E-state index in [2.05, 4.69) is 5.32 Å². The summed E-state index contributed by atoms with van der Waals surface area (Å²) in [4.78, 5) is 13.4. The van der Waals surface area contributed by atoms with E-state index in [-0.39, 0.29) is 11.2 Å². The van der Waals surface area contributed by atoms with E-state index >= 15 is 0 Å². The van der Waals surface area contributed by atoms with Crippen LogP contribution in [0.1, 0.15) is 58.6 Å². The van der Waals surface area contributed by atoms with E-state index < -0.39 is 65.6 Å². The highest BCUT2D eigenvalue weighted by atomic mass is 19.4. The summed E-state index contributed by atoms with van der Waals surface area (Å²) in [6.45, 7) is 11.1. The Morgan fingerprint density at radius 2 is 1.58 bits per heavy atom. The largest absolute Gasteiger partial charge is 0.497 e. The molecular formula is C27H31BF5NO4. The molecule has 2 saturated heterocycles. The Kier molecular flexibility index (Phi) is 6.98. The molecule has 2 fully saturated rings. The lowest BCUT2D eigenvalue weighted by molar-refractivity contribution is -0.272. The molecule has 38 heavy (non-hydrogen) atoms. The van der Waals surface area contributed by atoms with Crippen LogP contribution in [0.5, 0.6) is 0 Å². The smallest absolute Gasteiger partial charge is 0.399 e. The number of anilines is 1. The van der Waals surface area contributed by atoms with E-state index in [0.717, 1.165) is 19.1 Å². The van der Waals surface area contributed by atoms with E-state index in [1.54, 1.807) is 6.92 Å². The van der Waals surface area contributed by atoms with Crippen molar-refractivity contribution in [1.82, 2.24) is 0 Å². The number of amides is 1. The van der Waals surface area contributed by atoms with Crippen molar-refractivity contribution in [2.24, 2.45) is 5.92 Å². The molecule has 1 amide bonds. The number of carbonyl (C=O) groups excluding carboxylic acids is 1. The fraction of sp³-hybridized carbons (Fsp3) is 0.519. The molecule has 2 aromatic carbocycles. The number of aryl methyl sites for hydroxylation is 1. The molecule has 4 atom stereocenters. The SMILES string of the molecule is Cc1cc(F)ccc1[C@H]1[C@H](C(=O)Nc2ccc(F)c(B3OC(C)(C)C(C)(C)O3)c2)O[C@@](C)(C(F)(F)F)[C@H]1C. The number of ether oxygens (including phenoxy) is 1. The van der Waals surface area contributed by atoms with Crippen molar-refractivity contribution < 1.29 is 40.8 Å². The van der Waals surface area contributed by atoms with E-state index in [0.29, 0.717) is 11.1 Å². The quantitative estimate of drug-likeness (QED) is 0.403. The molecule has 0 bridgehead atoms. The van der Waals surface area contributed by atoms with Crippen LogP contribution >= 0.6 is 0 Å². The van der Waals surface area contributed by atoms with Gasteiger partial charge >= 0.3 is 13.3 Å². The molecule has 2 aromatic rings. The van der Waals surface area contributed by atoms with E-state index in [9.17, 15) is 26.7 Å². The number of nitrogens with one attached hydrogen (secondary N) is 1. The van der Waals surface area contributed by atoms with Crippen molar-refractivity contribution in [3.8, 4) is 0 Å². The van der Waals surface area contributed by atoms with Gasteiger partial charge in [0.05, 0.1) is 11.2 Å². The van der Waals surface area contributed by atoms with Crippen LogP contribution in [0, 0.1) is 24.5 Å². The maximum atomic E-state index is 14.8. The number of alkyl halides is 3. The number of hydrogen-bond donors (Lipinski definition) is 1. The van der Waals surface area contributed by atoms with Gasteiger partial charge in [-0.3, -0.25) is 4.79 Å². The third-order valence-corrected chi connectivity index (χ3v) is 8.29. The van der Waals surface area contributed by atoms with Gasteiger partial charge in [-0.1, -0.05) is 13.0 Å². The van der Waals surface area contributed by atoms with E-state index in [4.69, 9.17) is 14.0 Å². The lowest BCUT2D eigenvalue weighted by Gasteiger charge is -2.32. The van der Waals surface area contributed by atoms with Gasteiger partial charge in [-0.15, -0.1) is 0 Å². The average molecular weight is 539 g/mol. The minimum Gasteiger partial charge on any atom is -0.399 e. The van der Waals surface area contributed by atoms with Gasteiger partial charge in [-0.25, -0.2) is 8.78 Å². The first kappa shape index (κ1) is 28.5. The van der Waals surface area contributed by atoms with Gasteiger partial charge in [0.25, 0.3) is 5.91 Å². The molecule has 11 heteroatoms. The molecule has 0 spiro atoms. The van der Waals surface area contributed by atoms with Crippen molar-refractivity contribution in [1.29, 1.82) is 0 Å². The average Bonchev–Trinajstić information content (AvgIpc) is 3.18. The van der Waals surface area contributed by atoms with Crippen LogP contribution in [0.25, 0.3) is 0 Å². The van der Waals surface area contributed by atoms with Crippen molar-refractivity contribution in [3.63, 3.8) is 0 Å². The first-order chi connectivity index (χ1) is 17.4. The molecule has 5 nitrogen and oxygen atoms in total. The minimum atomic E-state index is -4.77. The lowest BCUT2D eigenvalue weighted by Crippen LogP contribution is -2.47. The summed E-state index contributed by atoms with van der Waals surface area (Å²) in [6.07, 6.45) is -6.32. The third-order valence-electron chi connectivity index (χ3n) is 8.29. The predicted molar refractivity (Wildman–Crippen MR) is 133 cm³/mol. The number of rotatable bonds is 4. The standard InChI is InChI=1S/C27H31BF5NO4/c1-14-12-16(29)8-10-18(14)21-15(2)26(7,27(31,32)33)36-22(21)23(35)34-17-9-11-20(30)19(13-17)28-37-24(3,4)25(5,6)38-28/h8-13,15,21-22H,1-7H3,(H,34,35)/t15-,21-,22+,26+/m0/s1. The molecule has 0 radical (unpaired) electrons. The Bertz CT molecular complexity index is 1230. The monoisotopic (exact) mass is 539 g/mol. The molecule has 4 rings (SSSR count). The Balaban J connectivity index is 1.67. The molecule has 0 saturated carbocycles. The van der Waals surface area contributed by atoms with Gasteiger partial charge < -0.3 is 19.4 Å². The molecule has 2 aliphatic rings. The number of halogens is 5. The maximum Gasteiger partial charge on any atom is 0.497 e. The molecular weight excluding hydrogens is 508 g/mol. The van der Waals surface area contributed by atoms with Crippen LogP contribution in [0.2, 0.25) is 0 Å². The van der Waals surface area contributed by atoms with Gasteiger partial charge in [0.15, 0.2) is 5.60 Å². The van der Waals surface area contributed by atoms with Gasteiger partial charge in [0.2, 0.25) is 0 Å². The van der Waals surface area contributed by atoms with Gasteiger partial charge in [-0.05, 0) is 83.0 Å². The number of carbonyl (C=O) groups is 1. The van der Waals surface area contributed by atoms with Crippen molar-refractivity contribution in [3.05, 3.63) is 59.2 Å². The molecule has 1 N–H and O–H groups in total. The second kappa shape index (κ2) is 9.31. The summed E-state index contributed by atoms with van der Waals surface area (Å²) in [7, 11) is -1.05. The zero-order valence-electron chi connectivity index (χ0n) is 22.3. The predicted octanol–water partition coefficient (Wildman–Crippen LogP) is 5.65. The minimum absolute atomic E-state index is 0.0354. The summed E-state index contributed by atoms with van der Waals surface area (Å²) < 4.78 is 88.2. The first-order valence-electron chi connectivity index (χ1n) is 12.3. The molecule has 2 heterocycles. The second-order valence-corrected chi connectivity index (χ2v) is 11.3. The van der Waals surface area contributed by atoms with Crippen LogP contribution in [0.4, 0.5) is 27.6 Å². The topological polar surface area (TPSA) is 56.8 Å². The van der Waals surface area contributed by atoms with E-state index in [1.165, 1.54) is 31.2 Å². The Labute approximate surface area is 219 Å². The normalized spacial score (nSPS) is 28.5. The molecule has 0 aromatic heterocycles. The Hall–Kier alpha value is -2.50. The van der Waals surface area contributed by atoms with Crippen LogP contribution in [0.3, 0.4) is 0 Å². The summed E-state index contributed by atoms with van der Waals surface area (Å²) in [6, 6.07) is 7.47. The van der Waals surface area contributed by atoms with Gasteiger partial charge in [-0.2, -0.15) is 13.2 Å². The zero-order valence-corrected chi connectivity index (χ0v) is 22.3. The fourth-order valence-electron chi connectivity index (χ4n) is 5.02.